The highest BCUT2D eigenvalue weighted by Crippen LogP contribution is 2.70. The molecule has 2 aliphatic heterocycles. The Labute approximate surface area is 492 Å². The third-order valence-electron chi connectivity index (χ3n) is 20.4. The van der Waals surface area contributed by atoms with Gasteiger partial charge in [-0.2, -0.15) is 0 Å². The smallest absolute Gasteiger partial charge is 0.231 e. The Hall–Kier alpha value is -8.64. The summed E-state index contributed by atoms with van der Waals surface area (Å²) in [4.78, 5) is 86.2. The average Bonchev–Trinajstić information content (AvgIpc) is 1.74. The maximum Gasteiger partial charge on any atom is 0.231 e. The van der Waals surface area contributed by atoms with Gasteiger partial charge in [0.25, 0.3) is 0 Å². The summed E-state index contributed by atoms with van der Waals surface area (Å²) in [5, 5.41) is 0. The molecule has 7 aromatic rings. The molecule has 4 fully saturated rings. The van der Waals surface area contributed by atoms with Gasteiger partial charge in [-0.25, -0.2) is 9.97 Å². The number of carbonyl (C=O) groups is 4. The molecular weight excluding hydrogens is 1040 g/mol. The molecule has 13 rings (SSSR count). The molecule has 4 aliphatic carbocycles. The van der Waals surface area contributed by atoms with Gasteiger partial charge < -0.3 is 29.6 Å². The van der Waals surface area contributed by atoms with E-state index >= 15 is 0 Å². The van der Waals surface area contributed by atoms with Crippen LogP contribution in [0.1, 0.15) is 124 Å². The first kappa shape index (κ1) is 54.6. The van der Waals surface area contributed by atoms with E-state index in [1.165, 1.54) is 0 Å². The molecule has 4 saturated carbocycles. The summed E-state index contributed by atoms with van der Waals surface area (Å²) in [7, 11) is 7.43. The molecule has 84 heavy (non-hydrogen) atoms. The number of aromatic amines is 2. The summed E-state index contributed by atoms with van der Waals surface area (Å²) in [6.07, 6.45) is 8.30. The molecule has 2 N–H and O–H groups in total. The molecule has 5 heterocycles. The zero-order valence-corrected chi connectivity index (χ0v) is 50.1. The molecule has 0 spiro atoms. The Morgan fingerprint density at radius 1 is 0.321 bits per heavy atom. The summed E-state index contributed by atoms with van der Waals surface area (Å²) >= 11 is 0. The van der Waals surface area contributed by atoms with Crippen LogP contribution >= 0.6 is 0 Å². The van der Waals surface area contributed by atoms with Gasteiger partial charge in [0.2, 0.25) is 23.6 Å². The molecule has 4 amide bonds. The standard InChI is InChI=1S/C72H74N8O4/c1-69(2)57(61(69)65(81)77(9)41-25-17-13-18-26-41)53-45-33-35-47(73-45)54(58-62(70(58,3)4)66(82)78(10)42-27-19-14-20-28-42)49-37-39-51(75-49)56(60-64(72(60,7)8)68(84)80(12)44-31-23-16-24-32-44)52-40-38-50(76-52)55(48-36-34-46(53)74-48)59-63(71(59,5)6)67(83)79(11)43-29-21-15-22-30-43/h13-40,57-64,73-74H,1-12H3/t57-,58-,59-,60-,61-,62-,63-,64-/m0/s1. The average molecular weight is 1120 g/mol. The molecule has 6 aliphatic rings. The highest BCUT2D eigenvalue weighted by molar-refractivity contribution is 6.02. The topological polar surface area (TPSA) is 139 Å². The molecule has 0 saturated heterocycles. The predicted molar refractivity (Wildman–Crippen MR) is 338 cm³/mol. The van der Waals surface area contributed by atoms with E-state index in [-0.39, 0.29) is 65.1 Å². The second-order valence-corrected chi connectivity index (χ2v) is 26.7. The van der Waals surface area contributed by atoms with E-state index in [0.29, 0.717) is 11.4 Å². The maximum atomic E-state index is 15.0. The number of nitrogens with zero attached hydrogens (tertiary/aromatic N) is 6. The minimum Gasteiger partial charge on any atom is -0.355 e. The van der Waals surface area contributed by atoms with Gasteiger partial charge in [-0.1, -0.05) is 128 Å². The number of benzene rings is 4. The van der Waals surface area contributed by atoms with Crippen LogP contribution in [0.25, 0.3) is 46.4 Å². The number of H-pyrrole nitrogens is 2. The number of para-hydroxylation sites is 4. The zero-order chi connectivity index (χ0) is 59.1. The van der Waals surface area contributed by atoms with Gasteiger partial charge in [0.05, 0.1) is 46.4 Å². The largest absolute Gasteiger partial charge is 0.355 e. The Kier molecular flexibility index (Phi) is 12.7. The second-order valence-electron chi connectivity index (χ2n) is 26.7. The van der Waals surface area contributed by atoms with Crippen LogP contribution in [-0.4, -0.2) is 71.8 Å². The highest BCUT2D eigenvalue weighted by atomic mass is 16.2. The fraction of sp³-hybridized carbons (Fsp3) is 0.333. The fourth-order valence-electron chi connectivity index (χ4n) is 15.1. The van der Waals surface area contributed by atoms with Gasteiger partial charge in [-0.15, -0.1) is 0 Å². The lowest BCUT2D eigenvalue weighted by atomic mass is 10.00. The van der Waals surface area contributed by atoms with Crippen LogP contribution in [0.2, 0.25) is 0 Å². The first-order valence-electron chi connectivity index (χ1n) is 29.5. The lowest BCUT2D eigenvalue weighted by Crippen LogP contribution is -2.29. The minimum atomic E-state index is -0.482. The van der Waals surface area contributed by atoms with Crippen molar-refractivity contribution in [3.8, 4) is 0 Å². The van der Waals surface area contributed by atoms with Crippen molar-refractivity contribution in [1.29, 1.82) is 0 Å². The molecule has 8 bridgehead atoms. The number of carbonyl (C=O) groups excluding carboxylic acids is 4. The van der Waals surface area contributed by atoms with Gasteiger partial charge in [-0.05, 0) is 119 Å². The number of amides is 4. The molecule has 12 heteroatoms. The van der Waals surface area contributed by atoms with Crippen molar-refractivity contribution in [3.63, 3.8) is 0 Å². The van der Waals surface area contributed by atoms with Crippen molar-refractivity contribution < 1.29 is 19.2 Å². The van der Waals surface area contributed by atoms with Crippen molar-refractivity contribution in [3.05, 3.63) is 191 Å². The van der Waals surface area contributed by atoms with Crippen LogP contribution in [0.4, 0.5) is 22.7 Å². The van der Waals surface area contributed by atoms with E-state index in [4.69, 9.17) is 9.97 Å². The van der Waals surface area contributed by atoms with Crippen molar-refractivity contribution in [2.24, 2.45) is 45.3 Å². The summed E-state index contributed by atoms with van der Waals surface area (Å²) in [5.74, 6) is -2.42. The third-order valence-corrected chi connectivity index (χ3v) is 20.4. The normalized spacial score (nSPS) is 24.0. The minimum absolute atomic E-state index is 0.0144. The zero-order valence-electron chi connectivity index (χ0n) is 50.1. The number of hydrogen-bond acceptors (Lipinski definition) is 6. The molecule has 4 aromatic carbocycles. The van der Waals surface area contributed by atoms with Gasteiger partial charge in [0, 0.05) is 119 Å². The molecule has 12 nitrogen and oxygen atoms in total. The Morgan fingerprint density at radius 3 is 0.798 bits per heavy atom. The van der Waals surface area contributed by atoms with Crippen LogP contribution < -0.4 is 19.6 Å². The summed E-state index contributed by atoms with van der Waals surface area (Å²) < 4.78 is 0. The second kappa shape index (κ2) is 19.5. The van der Waals surface area contributed by atoms with Gasteiger partial charge in [-0.3, -0.25) is 19.2 Å². The number of anilines is 4. The van der Waals surface area contributed by atoms with Crippen molar-refractivity contribution >= 4 is 92.7 Å². The monoisotopic (exact) mass is 1110 g/mol. The van der Waals surface area contributed by atoms with E-state index in [0.717, 1.165) is 78.5 Å². The van der Waals surface area contributed by atoms with Gasteiger partial charge in [0.1, 0.15) is 0 Å². The summed E-state index contributed by atoms with van der Waals surface area (Å²) in [6.45, 7) is 17.4. The van der Waals surface area contributed by atoms with Gasteiger partial charge >= 0.3 is 0 Å². The van der Waals surface area contributed by atoms with Crippen molar-refractivity contribution in [2.75, 3.05) is 47.8 Å². The maximum absolute atomic E-state index is 15.0. The van der Waals surface area contributed by atoms with Crippen LogP contribution in [0.3, 0.4) is 0 Å². The first-order valence-corrected chi connectivity index (χ1v) is 29.5. The first-order chi connectivity index (χ1) is 40.1. The van der Waals surface area contributed by atoms with Crippen LogP contribution in [0, 0.1) is 45.3 Å². The lowest BCUT2D eigenvalue weighted by Gasteiger charge is -2.18. The molecule has 3 aromatic heterocycles. The van der Waals surface area contributed by atoms with Crippen LogP contribution in [0.15, 0.2) is 146 Å². The van der Waals surface area contributed by atoms with E-state index in [9.17, 15) is 19.2 Å². The van der Waals surface area contributed by atoms with E-state index < -0.39 is 27.6 Å². The predicted octanol–water partition coefficient (Wildman–Crippen LogP) is 14.3. The Balaban J connectivity index is 1.06. The van der Waals surface area contributed by atoms with E-state index in [1.54, 1.807) is 19.6 Å². The molecule has 0 radical (unpaired) electrons. The fourth-order valence-corrected chi connectivity index (χ4v) is 15.1. The van der Waals surface area contributed by atoms with Crippen molar-refractivity contribution in [2.45, 2.75) is 79.1 Å². The molecule has 0 unspecified atom stereocenters. The van der Waals surface area contributed by atoms with Crippen molar-refractivity contribution in [1.82, 2.24) is 19.9 Å². The Bertz CT molecular complexity index is 3900. The molecular formula is C72H74N8O4. The third kappa shape index (κ3) is 8.60. The van der Waals surface area contributed by atoms with E-state index in [2.05, 4.69) is 114 Å². The lowest BCUT2D eigenvalue weighted by molar-refractivity contribution is -0.121. The van der Waals surface area contributed by atoms with Crippen LogP contribution in [0.5, 0.6) is 0 Å². The SMILES string of the molecule is CN(C(=O)[C@@H]1[C@H](c2c3nc(c([C@H]4[C@@H](C(=O)N(C)c5ccccc5)C4(C)C)c4ccc([nH]4)c([C@H]4[C@@H](C(=O)N(C)c5ccccc5)C4(C)C)c4ccc([nH]4)c([C@H]4[C@@H](C(=O)N(C)c5ccccc5)C4(C)C)c4nc2C=C4)C=C3)C1(C)C)c1ccccc1. The summed E-state index contributed by atoms with van der Waals surface area (Å²) in [6, 6.07) is 47.7. The molecule has 8 atom stereocenters. The van der Waals surface area contributed by atoms with E-state index in [1.807, 2.05) is 150 Å². The molecule has 426 valence electrons. The van der Waals surface area contributed by atoms with Gasteiger partial charge in [0.15, 0.2) is 0 Å². The highest BCUT2D eigenvalue weighted by Gasteiger charge is 2.67. The number of rotatable bonds is 12. The summed E-state index contributed by atoms with van der Waals surface area (Å²) in [5.41, 5.74) is 11.4. The number of hydrogen-bond donors (Lipinski definition) is 2. The number of nitrogens with one attached hydrogen (secondary N) is 2. The number of aromatic nitrogens is 4. The quantitative estimate of drug-likeness (QED) is 0.125. The Morgan fingerprint density at radius 2 is 0.536 bits per heavy atom. The number of fused-ring (bicyclic) bond motifs is 8. The van der Waals surface area contributed by atoms with Crippen LogP contribution in [-0.2, 0) is 19.2 Å².